The molecule has 1 aliphatic rings. The molecule has 1 saturated carbocycles. The molecule has 2 nitrogen and oxygen atoms in total. The lowest BCUT2D eigenvalue weighted by Gasteiger charge is -2.34. The molecule has 0 amide bonds. The van der Waals surface area contributed by atoms with E-state index < -0.39 is 0 Å². The molecule has 1 aromatic carbocycles. The Balaban J connectivity index is 2.06. The third-order valence-electron chi connectivity index (χ3n) is 3.80. The van der Waals surface area contributed by atoms with Crippen molar-refractivity contribution in [3.8, 4) is 6.07 Å². The number of nitrogens with one attached hydrogen (secondary N) is 1. The van der Waals surface area contributed by atoms with Crippen LogP contribution in [0.25, 0.3) is 0 Å². The Kier molecular flexibility index (Phi) is 3.68. The number of benzene rings is 1. The van der Waals surface area contributed by atoms with Gasteiger partial charge in [0.2, 0.25) is 0 Å². The molecule has 3 unspecified atom stereocenters. The molecule has 0 aromatic heterocycles. The topological polar surface area (TPSA) is 35.8 Å². The minimum atomic E-state index is 0.549. The number of nitrogens with zero attached hydrogens (tertiary/aromatic N) is 1. The van der Waals surface area contributed by atoms with E-state index in [1.807, 2.05) is 24.3 Å². The molecule has 1 aliphatic carbocycles. The van der Waals surface area contributed by atoms with E-state index in [1.165, 1.54) is 19.3 Å². The van der Waals surface area contributed by atoms with Crippen LogP contribution in [0.5, 0.6) is 0 Å². The number of rotatable bonds is 2. The molecule has 0 bridgehead atoms. The molecule has 0 saturated heterocycles. The van der Waals surface area contributed by atoms with Crippen LogP contribution in [-0.4, -0.2) is 6.04 Å². The Hall–Kier alpha value is -1.49. The van der Waals surface area contributed by atoms with Crippen molar-refractivity contribution in [2.75, 3.05) is 5.32 Å². The highest BCUT2D eigenvalue weighted by Gasteiger charge is 2.25. The second-order valence-corrected chi connectivity index (χ2v) is 5.34. The van der Waals surface area contributed by atoms with E-state index in [1.54, 1.807) is 0 Å². The van der Waals surface area contributed by atoms with Crippen LogP contribution >= 0.6 is 0 Å². The summed E-state index contributed by atoms with van der Waals surface area (Å²) in [5.74, 6) is 1.53. The van der Waals surface area contributed by atoms with Gasteiger partial charge in [0.05, 0.1) is 11.6 Å². The van der Waals surface area contributed by atoms with Crippen LogP contribution in [0.1, 0.15) is 38.7 Å². The lowest BCUT2D eigenvalue weighted by atomic mass is 9.80. The Morgan fingerprint density at radius 2 is 2.12 bits per heavy atom. The summed E-state index contributed by atoms with van der Waals surface area (Å²) in [4.78, 5) is 0. The van der Waals surface area contributed by atoms with Crippen LogP contribution in [0, 0.1) is 23.2 Å². The van der Waals surface area contributed by atoms with E-state index >= 15 is 0 Å². The van der Waals surface area contributed by atoms with Crippen LogP contribution in [-0.2, 0) is 0 Å². The average molecular weight is 228 g/mol. The first-order valence-electron chi connectivity index (χ1n) is 6.45. The number of hydrogen-bond donors (Lipinski definition) is 1. The Morgan fingerprint density at radius 3 is 2.88 bits per heavy atom. The first-order chi connectivity index (χ1) is 8.19. The summed E-state index contributed by atoms with van der Waals surface area (Å²) >= 11 is 0. The molecular weight excluding hydrogens is 208 g/mol. The molecule has 1 aromatic rings. The van der Waals surface area contributed by atoms with E-state index in [4.69, 9.17) is 5.26 Å². The average Bonchev–Trinajstić information content (AvgIpc) is 2.34. The lowest BCUT2D eigenvalue weighted by Crippen LogP contribution is -2.33. The van der Waals surface area contributed by atoms with Gasteiger partial charge in [-0.1, -0.05) is 26.3 Å². The Morgan fingerprint density at radius 1 is 1.29 bits per heavy atom. The second-order valence-electron chi connectivity index (χ2n) is 5.34. The molecule has 2 rings (SSSR count). The first-order valence-corrected chi connectivity index (χ1v) is 6.45. The fourth-order valence-electron chi connectivity index (χ4n) is 2.63. The predicted octanol–water partition coefficient (Wildman–Crippen LogP) is 3.79. The van der Waals surface area contributed by atoms with E-state index in [9.17, 15) is 0 Å². The van der Waals surface area contributed by atoms with Crippen molar-refractivity contribution in [3.05, 3.63) is 29.8 Å². The van der Waals surface area contributed by atoms with Gasteiger partial charge < -0.3 is 5.32 Å². The summed E-state index contributed by atoms with van der Waals surface area (Å²) < 4.78 is 0. The monoisotopic (exact) mass is 228 g/mol. The summed E-state index contributed by atoms with van der Waals surface area (Å²) in [5, 5.41) is 12.5. The summed E-state index contributed by atoms with van der Waals surface area (Å²) in [7, 11) is 0. The van der Waals surface area contributed by atoms with Gasteiger partial charge in [-0.2, -0.15) is 5.26 Å². The van der Waals surface area contributed by atoms with Gasteiger partial charge in [0.15, 0.2) is 0 Å². The molecule has 1 N–H and O–H groups in total. The van der Waals surface area contributed by atoms with Crippen LogP contribution in [0.2, 0.25) is 0 Å². The van der Waals surface area contributed by atoms with Crippen molar-refractivity contribution in [1.82, 2.24) is 0 Å². The molecule has 1 fully saturated rings. The maximum absolute atomic E-state index is 8.88. The second kappa shape index (κ2) is 5.23. The van der Waals surface area contributed by atoms with Crippen LogP contribution in [0.4, 0.5) is 5.69 Å². The van der Waals surface area contributed by atoms with Crippen LogP contribution < -0.4 is 5.32 Å². The van der Waals surface area contributed by atoms with Gasteiger partial charge in [-0.3, -0.25) is 0 Å². The molecular formula is C15H20N2. The standard InChI is InChI=1S/C15H20N2/c1-11-6-7-12(2)15(8-11)17-14-5-3-4-13(9-14)10-16/h3-5,9,11-12,15,17H,6-8H2,1-2H3. The Bertz CT molecular complexity index is 419. The van der Waals surface area contributed by atoms with Crippen molar-refractivity contribution < 1.29 is 0 Å². The fraction of sp³-hybridized carbons (Fsp3) is 0.533. The van der Waals surface area contributed by atoms with Gasteiger partial charge in [-0.25, -0.2) is 0 Å². The maximum atomic E-state index is 8.88. The van der Waals surface area contributed by atoms with Crippen molar-refractivity contribution in [2.24, 2.45) is 11.8 Å². The highest BCUT2D eigenvalue weighted by Crippen LogP contribution is 2.30. The zero-order valence-corrected chi connectivity index (χ0v) is 10.6. The highest BCUT2D eigenvalue weighted by molar-refractivity contribution is 5.49. The Labute approximate surface area is 104 Å². The summed E-state index contributed by atoms with van der Waals surface area (Å²) in [6, 6.07) is 10.5. The van der Waals surface area contributed by atoms with Crippen molar-refractivity contribution in [2.45, 2.75) is 39.2 Å². The third-order valence-corrected chi connectivity index (χ3v) is 3.80. The highest BCUT2D eigenvalue weighted by atomic mass is 14.9. The summed E-state index contributed by atoms with van der Waals surface area (Å²) in [6.45, 7) is 4.64. The summed E-state index contributed by atoms with van der Waals surface area (Å²) in [6.07, 6.45) is 3.88. The minimum Gasteiger partial charge on any atom is -0.382 e. The number of anilines is 1. The number of hydrogen-bond acceptors (Lipinski definition) is 2. The lowest BCUT2D eigenvalue weighted by molar-refractivity contribution is 0.281. The molecule has 90 valence electrons. The van der Waals surface area contributed by atoms with Crippen LogP contribution in [0.15, 0.2) is 24.3 Å². The van der Waals surface area contributed by atoms with Gasteiger partial charge in [0.1, 0.15) is 0 Å². The maximum Gasteiger partial charge on any atom is 0.0992 e. The molecule has 0 aliphatic heterocycles. The normalized spacial score (nSPS) is 28.4. The molecule has 0 spiro atoms. The third kappa shape index (κ3) is 3.00. The van der Waals surface area contributed by atoms with E-state index in [-0.39, 0.29) is 0 Å². The molecule has 17 heavy (non-hydrogen) atoms. The largest absolute Gasteiger partial charge is 0.382 e. The van der Waals surface area contributed by atoms with E-state index in [2.05, 4.69) is 25.2 Å². The van der Waals surface area contributed by atoms with Crippen LogP contribution in [0.3, 0.4) is 0 Å². The van der Waals surface area contributed by atoms with Gasteiger partial charge in [0.25, 0.3) is 0 Å². The summed E-state index contributed by atoms with van der Waals surface area (Å²) in [5.41, 5.74) is 1.81. The smallest absolute Gasteiger partial charge is 0.0992 e. The SMILES string of the molecule is CC1CCC(C)C(Nc2cccc(C#N)c2)C1. The van der Waals surface area contributed by atoms with Gasteiger partial charge >= 0.3 is 0 Å². The molecule has 0 radical (unpaired) electrons. The quantitative estimate of drug-likeness (QED) is 0.835. The van der Waals surface area contributed by atoms with Crippen molar-refractivity contribution >= 4 is 5.69 Å². The van der Waals surface area contributed by atoms with E-state index in [0.29, 0.717) is 6.04 Å². The van der Waals surface area contributed by atoms with Gasteiger partial charge in [-0.05, 0) is 42.9 Å². The fourth-order valence-corrected chi connectivity index (χ4v) is 2.63. The molecule has 0 heterocycles. The predicted molar refractivity (Wildman–Crippen MR) is 70.7 cm³/mol. The molecule has 3 atom stereocenters. The van der Waals surface area contributed by atoms with Gasteiger partial charge in [-0.15, -0.1) is 0 Å². The zero-order valence-electron chi connectivity index (χ0n) is 10.6. The van der Waals surface area contributed by atoms with Crippen molar-refractivity contribution in [1.29, 1.82) is 5.26 Å². The van der Waals surface area contributed by atoms with E-state index in [0.717, 1.165) is 23.1 Å². The van der Waals surface area contributed by atoms with Crippen molar-refractivity contribution in [3.63, 3.8) is 0 Å². The minimum absolute atomic E-state index is 0.549. The first kappa shape index (κ1) is 12.0. The zero-order chi connectivity index (χ0) is 12.3. The van der Waals surface area contributed by atoms with Gasteiger partial charge in [0, 0.05) is 11.7 Å². The number of nitriles is 1. The molecule has 2 heteroatoms.